The minimum absolute atomic E-state index is 0.582. The van der Waals surface area contributed by atoms with Crippen LogP contribution >= 0.6 is 11.8 Å². The SMILES string of the molecule is CSc1ccccc1Cc1nc2ccc(C#N)cn2n1. The molecule has 0 amide bonds. The van der Waals surface area contributed by atoms with Crippen molar-refractivity contribution >= 4 is 17.4 Å². The number of rotatable bonds is 3. The van der Waals surface area contributed by atoms with Crippen LogP contribution < -0.4 is 0 Å². The zero-order valence-corrected chi connectivity index (χ0v) is 11.8. The van der Waals surface area contributed by atoms with E-state index in [9.17, 15) is 0 Å². The molecule has 2 aromatic heterocycles. The third-order valence-corrected chi connectivity index (χ3v) is 3.88. The molecule has 0 aliphatic rings. The Morgan fingerprint density at radius 1 is 1.25 bits per heavy atom. The maximum atomic E-state index is 8.89. The third kappa shape index (κ3) is 2.38. The molecule has 0 radical (unpaired) electrons. The Labute approximate surface area is 121 Å². The van der Waals surface area contributed by atoms with Crippen LogP contribution in [0.1, 0.15) is 17.0 Å². The van der Waals surface area contributed by atoms with Crippen LogP contribution in [0.15, 0.2) is 47.5 Å². The molecule has 1 aromatic carbocycles. The number of hydrogen-bond donors (Lipinski definition) is 0. The van der Waals surface area contributed by atoms with Gasteiger partial charge in [0.2, 0.25) is 0 Å². The number of thioether (sulfide) groups is 1. The van der Waals surface area contributed by atoms with E-state index in [0.717, 1.165) is 11.5 Å². The highest BCUT2D eigenvalue weighted by molar-refractivity contribution is 7.98. The van der Waals surface area contributed by atoms with Gasteiger partial charge in [0.15, 0.2) is 11.5 Å². The van der Waals surface area contributed by atoms with E-state index >= 15 is 0 Å². The molecule has 2 heterocycles. The highest BCUT2D eigenvalue weighted by Crippen LogP contribution is 2.21. The smallest absolute Gasteiger partial charge is 0.156 e. The summed E-state index contributed by atoms with van der Waals surface area (Å²) in [6, 6.07) is 13.9. The van der Waals surface area contributed by atoms with Crippen LogP contribution in [0.25, 0.3) is 5.65 Å². The van der Waals surface area contributed by atoms with Gasteiger partial charge in [0.25, 0.3) is 0 Å². The number of aromatic nitrogens is 3. The summed E-state index contributed by atoms with van der Waals surface area (Å²) in [6.45, 7) is 0. The quantitative estimate of drug-likeness (QED) is 0.692. The first-order chi connectivity index (χ1) is 9.80. The first-order valence-corrected chi connectivity index (χ1v) is 7.40. The van der Waals surface area contributed by atoms with Gasteiger partial charge in [-0.15, -0.1) is 11.8 Å². The Hall–Kier alpha value is -2.32. The summed E-state index contributed by atoms with van der Waals surface area (Å²) < 4.78 is 1.66. The van der Waals surface area contributed by atoms with Gasteiger partial charge in [-0.2, -0.15) is 10.4 Å². The van der Waals surface area contributed by atoms with Gasteiger partial charge in [0.1, 0.15) is 6.07 Å². The van der Waals surface area contributed by atoms with Gasteiger partial charge < -0.3 is 0 Å². The van der Waals surface area contributed by atoms with Crippen LogP contribution in [0.4, 0.5) is 0 Å². The predicted molar refractivity (Wildman–Crippen MR) is 78.7 cm³/mol. The summed E-state index contributed by atoms with van der Waals surface area (Å²) in [7, 11) is 0. The van der Waals surface area contributed by atoms with Crippen LogP contribution in [0.5, 0.6) is 0 Å². The molecule has 5 heteroatoms. The van der Waals surface area contributed by atoms with Crippen LogP contribution in [0.3, 0.4) is 0 Å². The lowest BCUT2D eigenvalue weighted by Gasteiger charge is -2.03. The summed E-state index contributed by atoms with van der Waals surface area (Å²) in [5, 5.41) is 13.3. The number of hydrogen-bond acceptors (Lipinski definition) is 4. The Kier molecular flexibility index (Phi) is 3.40. The Bertz CT molecular complexity index is 801. The molecule has 0 bridgehead atoms. The molecule has 0 saturated carbocycles. The zero-order valence-electron chi connectivity index (χ0n) is 10.9. The summed E-state index contributed by atoms with van der Waals surface area (Å²) in [4.78, 5) is 5.73. The fourth-order valence-corrected chi connectivity index (χ4v) is 2.71. The van der Waals surface area contributed by atoms with E-state index in [-0.39, 0.29) is 0 Å². The molecule has 0 atom stereocenters. The van der Waals surface area contributed by atoms with E-state index in [2.05, 4.69) is 34.5 Å². The highest BCUT2D eigenvalue weighted by Gasteiger charge is 2.08. The van der Waals surface area contributed by atoms with E-state index in [1.165, 1.54) is 10.5 Å². The maximum Gasteiger partial charge on any atom is 0.156 e. The van der Waals surface area contributed by atoms with Gasteiger partial charge in [-0.1, -0.05) is 18.2 Å². The largest absolute Gasteiger partial charge is 0.220 e. The highest BCUT2D eigenvalue weighted by atomic mass is 32.2. The minimum Gasteiger partial charge on any atom is -0.220 e. The van der Waals surface area contributed by atoms with Crippen molar-refractivity contribution in [2.45, 2.75) is 11.3 Å². The van der Waals surface area contributed by atoms with Crippen LogP contribution in [-0.4, -0.2) is 20.9 Å². The van der Waals surface area contributed by atoms with Crippen LogP contribution in [-0.2, 0) is 6.42 Å². The van der Waals surface area contributed by atoms with Crippen molar-refractivity contribution in [3.8, 4) is 6.07 Å². The minimum atomic E-state index is 0.582. The third-order valence-electron chi connectivity index (χ3n) is 3.05. The summed E-state index contributed by atoms with van der Waals surface area (Å²) in [5.41, 5.74) is 2.57. The topological polar surface area (TPSA) is 54.0 Å². The Morgan fingerprint density at radius 3 is 2.90 bits per heavy atom. The van der Waals surface area contributed by atoms with E-state index in [1.807, 2.05) is 18.2 Å². The molecule has 0 aliphatic carbocycles. The average molecular weight is 280 g/mol. The van der Waals surface area contributed by atoms with Crippen molar-refractivity contribution in [3.05, 3.63) is 59.5 Å². The van der Waals surface area contributed by atoms with Crippen molar-refractivity contribution < 1.29 is 0 Å². The fraction of sp³-hybridized carbons (Fsp3) is 0.133. The standard InChI is InChI=1S/C15H12N4S/c1-20-13-5-3-2-4-12(13)8-14-17-15-7-6-11(9-16)10-19(15)18-14/h2-7,10H,8H2,1H3. The molecule has 0 unspecified atom stereocenters. The lowest BCUT2D eigenvalue weighted by Crippen LogP contribution is -1.94. The van der Waals surface area contributed by atoms with E-state index < -0.39 is 0 Å². The van der Waals surface area contributed by atoms with E-state index in [0.29, 0.717) is 12.0 Å². The fourth-order valence-electron chi connectivity index (χ4n) is 2.09. The second-order valence-corrected chi connectivity index (χ2v) is 5.20. The summed E-state index contributed by atoms with van der Waals surface area (Å²) in [5.74, 6) is 0.765. The van der Waals surface area contributed by atoms with E-state index in [4.69, 9.17) is 5.26 Å². The number of pyridine rings is 1. The monoisotopic (exact) mass is 280 g/mol. The first-order valence-electron chi connectivity index (χ1n) is 6.17. The lowest BCUT2D eigenvalue weighted by molar-refractivity contribution is 0.892. The molecule has 20 heavy (non-hydrogen) atoms. The summed E-state index contributed by atoms with van der Waals surface area (Å²) >= 11 is 1.72. The molecule has 0 saturated heterocycles. The van der Waals surface area contributed by atoms with E-state index in [1.54, 1.807) is 28.5 Å². The number of nitriles is 1. The second kappa shape index (κ2) is 5.35. The maximum absolute atomic E-state index is 8.89. The molecule has 0 spiro atoms. The number of fused-ring (bicyclic) bond motifs is 1. The van der Waals surface area contributed by atoms with Crippen molar-refractivity contribution in [1.82, 2.24) is 14.6 Å². The van der Waals surface area contributed by atoms with Crippen LogP contribution in [0.2, 0.25) is 0 Å². The lowest BCUT2D eigenvalue weighted by atomic mass is 10.1. The van der Waals surface area contributed by atoms with Gasteiger partial charge >= 0.3 is 0 Å². The molecule has 3 rings (SSSR count). The van der Waals surface area contributed by atoms with Crippen LogP contribution in [0, 0.1) is 11.3 Å². The van der Waals surface area contributed by atoms with Gasteiger partial charge in [0, 0.05) is 17.5 Å². The van der Waals surface area contributed by atoms with Crippen molar-refractivity contribution in [1.29, 1.82) is 5.26 Å². The Balaban J connectivity index is 1.97. The predicted octanol–water partition coefficient (Wildman–Crippen LogP) is 2.91. The van der Waals surface area contributed by atoms with Gasteiger partial charge in [-0.25, -0.2) is 9.50 Å². The number of nitrogens with zero attached hydrogens (tertiary/aromatic N) is 4. The second-order valence-electron chi connectivity index (χ2n) is 4.35. The molecule has 4 nitrogen and oxygen atoms in total. The van der Waals surface area contributed by atoms with Crippen molar-refractivity contribution in [3.63, 3.8) is 0 Å². The van der Waals surface area contributed by atoms with Gasteiger partial charge in [-0.05, 0) is 30.0 Å². The summed E-state index contributed by atoms with van der Waals surface area (Å²) in [6.07, 6.45) is 4.46. The molecule has 3 aromatic rings. The van der Waals surface area contributed by atoms with Gasteiger partial charge in [0.05, 0.1) is 5.56 Å². The molecule has 0 fully saturated rings. The average Bonchev–Trinajstić information content (AvgIpc) is 2.89. The van der Waals surface area contributed by atoms with Crippen molar-refractivity contribution in [2.24, 2.45) is 0 Å². The normalized spacial score (nSPS) is 10.6. The Morgan fingerprint density at radius 2 is 2.10 bits per heavy atom. The molecular weight excluding hydrogens is 268 g/mol. The molecule has 98 valence electrons. The number of benzene rings is 1. The first kappa shape index (κ1) is 12.7. The van der Waals surface area contributed by atoms with Gasteiger partial charge in [-0.3, -0.25) is 0 Å². The zero-order chi connectivity index (χ0) is 13.9. The molecular formula is C15H12N4S. The molecule has 0 aliphatic heterocycles. The molecule has 0 N–H and O–H groups in total. The van der Waals surface area contributed by atoms with Crippen molar-refractivity contribution in [2.75, 3.05) is 6.26 Å².